The summed E-state index contributed by atoms with van der Waals surface area (Å²) in [4.78, 5) is 29.2. The number of nitrogens with one attached hydrogen (secondary N) is 1. The molecule has 10 heteroatoms. The molecule has 0 fully saturated rings. The molecule has 3 N–H and O–H groups in total. The number of amidine groups is 1. The highest BCUT2D eigenvalue weighted by Crippen LogP contribution is 2.34. The van der Waals surface area contributed by atoms with Crippen LogP contribution in [0.5, 0.6) is 5.88 Å². The predicted molar refractivity (Wildman–Crippen MR) is 101 cm³/mol. The molecular formula is C17H17N7O2S. The number of aliphatic imine (C=N–C) groups is 1. The van der Waals surface area contributed by atoms with E-state index < -0.39 is 11.4 Å². The third-order valence-corrected chi connectivity index (χ3v) is 4.71. The van der Waals surface area contributed by atoms with E-state index in [9.17, 15) is 4.79 Å². The maximum atomic E-state index is 12.4. The van der Waals surface area contributed by atoms with Gasteiger partial charge in [-0.15, -0.1) is 0 Å². The Kier molecular flexibility index (Phi) is 5.52. The molecule has 0 aliphatic carbocycles. The minimum absolute atomic E-state index is 0.125. The van der Waals surface area contributed by atoms with Crippen LogP contribution in [0.3, 0.4) is 0 Å². The van der Waals surface area contributed by atoms with Crippen molar-refractivity contribution in [1.29, 1.82) is 5.26 Å². The van der Waals surface area contributed by atoms with E-state index in [-0.39, 0.29) is 18.2 Å². The van der Waals surface area contributed by atoms with Gasteiger partial charge >= 0.3 is 0 Å². The molecule has 2 aromatic heterocycles. The predicted octanol–water partition coefficient (Wildman–Crippen LogP) is 1.69. The fourth-order valence-corrected chi connectivity index (χ4v) is 3.46. The molecule has 0 saturated carbocycles. The van der Waals surface area contributed by atoms with Crippen LogP contribution in [-0.2, 0) is 5.54 Å². The third-order valence-electron chi connectivity index (χ3n) is 3.91. The molecule has 3 rings (SSSR count). The molecule has 27 heavy (non-hydrogen) atoms. The van der Waals surface area contributed by atoms with E-state index in [1.54, 1.807) is 18.3 Å². The van der Waals surface area contributed by atoms with Crippen molar-refractivity contribution in [2.45, 2.75) is 18.9 Å². The second-order valence-corrected chi connectivity index (χ2v) is 7.01. The molecular weight excluding hydrogens is 366 g/mol. The van der Waals surface area contributed by atoms with Gasteiger partial charge < -0.3 is 15.8 Å². The zero-order valence-corrected chi connectivity index (χ0v) is 15.4. The highest BCUT2D eigenvalue weighted by atomic mass is 32.2. The number of pyridine rings is 1. The molecule has 0 spiro atoms. The van der Waals surface area contributed by atoms with E-state index in [0.717, 1.165) is 17.9 Å². The van der Waals surface area contributed by atoms with Gasteiger partial charge in [-0.05, 0) is 25.5 Å². The van der Waals surface area contributed by atoms with Gasteiger partial charge in [0.05, 0.1) is 18.1 Å². The van der Waals surface area contributed by atoms with Crippen molar-refractivity contribution in [2.75, 3.05) is 17.7 Å². The Labute approximate surface area is 160 Å². The number of thioether (sulfide) groups is 1. The van der Waals surface area contributed by atoms with E-state index in [2.05, 4.69) is 25.3 Å². The Morgan fingerprint density at radius 2 is 2.30 bits per heavy atom. The second kappa shape index (κ2) is 8.01. The summed E-state index contributed by atoms with van der Waals surface area (Å²) in [5.41, 5.74) is 6.77. The zero-order chi connectivity index (χ0) is 19.3. The van der Waals surface area contributed by atoms with Crippen molar-refractivity contribution >= 4 is 28.5 Å². The zero-order valence-electron chi connectivity index (χ0n) is 14.5. The molecule has 1 aliphatic rings. The topological polar surface area (TPSA) is 139 Å². The average molecular weight is 383 g/mol. The molecule has 1 amide bonds. The van der Waals surface area contributed by atoms with Crippen LogP contribution < -0.4 is 15.8 Å². The standard InChI is InChI=1S/C17H17N7O2S/c1-17(3-7-27-16(19)24-17)13-8-11(2-5-20-13)23-15(25)12-9-22-14(10-21-12)26-6-4-18/h2,5,8-10H,3,6-7H2,1H3,(H2,19,24)(H,20,23,25)/t17-/m0/s1. The van der Waals surface area contributed by atoms with Crippen LogP contribution in [0.15, 0.2) is 35.7 Å². The van der Waals surface area contributed by atoms with Crippen LogP contribution >= 0.6 is 11.8 Å². The number of carbonyl (C=O) groups excluding carboxylic acids is 1. The van der Waals surface area contributed by atoms with E-state index in [0.29, 0.717) is 10.9 Å². The monoisotopic (exact) mass is 383 g/mol. The highest BCUT2D eigenvalue weighted by molar-refractivity contribution is 8.13. The number of amides is 1. The smallest absolute Gasteiger partial charge is 0.275 e. The normalized spacial score (nSPS) is 18.9. The number of nitrogens with zero attached hydrogens (tertiary/aromatic N) is 5. The molecule has 138 valence electrons. The molecule has 0 saturated heterocycles. The number of nitriles is 1. The molecule has 9 nitrogen and oxygen atoms in total. The van der Waals surface area contributed by atoms with Gasteiger partial charge in [0, 0.05) is 17.6 Å². The molecule has 0 unspecified atom stereocenters. The summed E-state index contributed by atoms with van der Waals surface area (Å²) in [6.45, 7) is 1.84. The fraction of sp³-hybridized carbons (Fsp3) is 0.294. The van der Waals surface area contributed by atoms with Gasteiger partial charge in [-0.2, -0.15) is 5.26 Å². The maximum Gasteiger partial charge on any atom is 0.275 e. The van der Waals surface area contributed by atoms with Crippen LogP contribution in [-0.4, -0.2) is 38.4 Å². The van der Waals surface area contributed by atoms with Gasteiger partial charge in [-0.3, -0.25) is 9.78 Å². The quantitative estimate of drug-likeness (QED) is 0.795. The SMILES string of the molecule is C[C@@]1(c2cc(NC(=O)c3cnc(OCC#N)cn3)ccn2)CCSC(N)=N1. The summed E-state index contributed by atoms with van der Waals surface area (Å²) in [6.07, 6.45) is 5.00. The molecule has 1 aliphatic heterocycles. The summed E-state index contributed by atoms with van der Waals surface area (Å²) >= 11 is 1.52. The first-order chi connectivity index (χ1) is 13.0. The van der Waals surface area contributed by atoms with Crippen molar-refractivity contribution < 1.29 is 9.53 Å². The van der Waals surface area contributed by atoms with E-state index in [4.69, 9.17) is 15.7 Å². The van der Waals surface area contributed by atoms with Gasteiger partial charge in [0.2, 0.25) is 5.88 Å². The van der Waals surface area contributed by atoms with Gasteiger partial charge in [0.25, 0.3) is 5.91 Å². The van der Waals surface area contributed by atoms with Crippen LogP contribution in [0.25, 0.3) is 0 Å². The van der Waals surface area contributed by atoms with Gasteiger partial charge in [0.15, 0.2) is 11.8 Å². The number of carbonyl (C=O) groups is 1. The lowest BCUT2D eigenvalue weighted by Crippen LogP contribution is -2.29. The summed E-state index contributed by atoms with van der Waals surface area (Å²) in [6, 6.07) is 5.30. The molecule has 3 heterocycles. The summed E-state index contributed by atoms with van der Waals surface area (Å²) in [5.74, 6) is 0.622. The Bertz CT molecular complexity index is 910. The number of hydrogen-bond acceptors (Lipinski definition) is 9. The van der Waals surface area contributed by atoms with Gasteiger partial charge in [-0.25, -0.2) is 15.0 Å². The lowest BCUT2D eigenvalue weighted by Gasteiger charge is -2.28. The average Bonchev–Trinajstić information content (AvgIpc) is 2.67. The largest absolute Gasteiger partial charge is 0.461 e. The Balaban J connectivity index is 1.73. The Morgan fingerprint density at radius 3 is 3.00 bits per heavy atom. The molecule has 2 aromatic rings. The van der Waals surface area contributed by atoms with E-state index in [1.807, 2.05) is 13.0 Å². The summed E-state index contributed by atoms with van der Waals surface area (Å²) in [7, 11) is 0. The van der Waals surface area contributed by atoms with Crippen LogP contribution in [0.2, 0.25) is 0 Å². The molecule has 1 atom stereocenters. The van der Waals surface area contributed by atoms with Gasteiger partial charge in [0.1, 0.15) is 17.3 Å². The number of aromatic nitrogens is 3. The number of hydrogen-bond donors (Lipinski definition) is 2. The van der Waals surface area contributed by atoms with Crippen LogP contribution in [0.4, 0.5) is 5.69 Å². The minimum atomic E-state index is -0.518. The van der Waals surface area contributed by atoms with Crippen LogP contribution in [0, 0.1) is 11.3 Å². The first-order valence-corrected chi connectivity index (χ1v) is 9.06. The first-order valence-electron chi connectivity index (χ1n) is 8.08. The Hall–Kier alpha value is -3.19. The summed E-state index contributed by atoms with van der Waals surface area (Å²) < 4.78 is 5.01. The summed E-state index contributed by atoms with van der Waals surface area (Å²) in [5, 5.41) is 11.8. The fourth-order valence-electron chi connectivity index (χ4n) is 2.48. The molecule has 0 bridgehead atoms. The number of nitrogens with two attached hydrogens (primary N) is 1. The van der Waals surface area contributed by atoms with Gasteiger partial charge in [-0.1, -0.05) is 11.8 Å². The van der Waals surface area contributed by atoms with Crippen molar-refractivity contribution in [2.24, 2.45) is 10.7 Å². The maximum absolute atomic E-state index is 12.4. The van der Waals surface area contributed by atoms with Crippen molar-refractivity contribution in [1.82, 2.24) is 15.0 Å². The Morgan fingerprint density at radius 1 is 1.44 bits per heavy atom. The van der Waals surface area contributed by atoms with Crippen molar-refractivity contribution in [3.63, 3.8) is 0 Å². The number of ether oxygens (including phenoxy) is 1. The lowest BCUT2D eigenvalue weighted by molar-refractivity contribution is 0.102. The molecule has 0 aromatic carbocycles. The van der Waals surface area contributed by atoms with Crippen molar-refractivity contribution in [3.05, 3.63) is 42.1 Å². The first kappa shape index (κ1) is 18.6. The third kappa shape index (κ3) is 4.51. The number of rotatable bonds is 5. The highest BCUT2D eigenvalue weighted by Gasteiger charge is 2.31. The second-order valence-electron chi connectivity index (χ2n) is 5.89. The lowest BCUT2D eigenvalue weighted by atomic mass is 9.94. The van der Waals surface area contributed by atoms with Crippen LogP contribution in [0.1, 0.15) is 29.5 Å². The molecule has 0 radical (unpaired) electrons. The minimum Gasteiger partial charge on any atom is -0.461 e. The van der Waals surface area contributed by atoms with E-state index >= 15 is 0 Å². The number of anilines is 1. The van der Waals surface area contributed by atoms with E-state index in [1.165, 1.54) is 24.2 Å². The van der Waals surface area contributed by atoms with Crippen molar-refractivity contribution in [3.8, 4) is 11.9 Å².